The lowest BCUT2D eigenvalue weighted by atomic mass is 10.2. The lowest BCUT2D eigenvalue weighted by Crippen LogP contribution is -2.07. The largest absolute Gasteiger partial charge is 0.465 e. The van der Waals surface area contributed by atoms with Crippen LogP contribution in [0.3, 0.4) is 0 Å². The van der Waals surface area contributed by atoms with Gasteiger partial charge < -0.3 is 4.74 Å². The summed E-state index contributed by atoms with van der Waals surface area (Å²) in [6.07, 6.45) is 2.81. The fourth-order valence-corrected chi connectivity index (χ4v) is 0.984. The second-order valence-corrected chi connectivity index (χ2v) is 3.64. The van der Waals surface area contributed by atoms with Crippen LogP contribution >= 0.6 is 23.2 Å². The Hall–Kier alpha value is 0.0500. The maximum Gasteiger partial charge on any atom is 0.320 e. The maximum atomic E-state index is 10.5. The Labute approximate surface area is 83.2 Å². The summed E-state index contributed by atoms with van der Waals surface area (Å²) in [5.41, 5.74) is 0. The summed E-state index contributed by atoms with van der Waals surface area (Å²) >= 11 is 10.9. The highest BCUT2D eigenvalue weighted by Crippen LogP contribution is 2.05. The average Bonchev–Trinajstić information content (AvgIpc) is 2.03. The zero-order chi connectivity index (χ0) is 9.40. The summed E-state index contributed by atoms with van der Waals surface area (Å²) in [5, 5.41) is 0.203. The topological polar surface area (TPSA) is 26.3 Å². The molecule has 0 heterocycles. The number of esters is 1. The number of carbonyl (C=O) groups is 1. The van der Waals surface area contributed by atoms with E-state index in [0.717, 1.165) is 19.3 Å². The Morgan fingerprint density at radius 1 is 1.50 bits per heavy atom. The minimum absolute atomic E-state index is 0.0636. The molecule has 0 aromatic heterocycles. The Balaban J connectivity index is 3.05. The number of alkyl halides is 2. The van der Waals surface area contributed by atoms with Gasteiger partial charge in [-0.1, -0.05) is 0 Å². The Kier molecular flexibility index (Phi) is 7.72. The van der Waals surface area contributed by atoms with Crippen LogP contribution in [-0.4, -0.2) is 23.8 Å². The van der Waals surface area contributed by atoms with Gasteiger partial charge in [-0.25, -0.2) is 0 Å². The first-order valence-corrected chi connectivity index (χ1v) is 4.99. The summed E-state index contributed by atoms with van der Waals surface area (Å²) < 4.78 is 4.76. The quantitative estimate of drug-likeness (QED) is 0.385. The molecule has 2 nitrogen and oxygen atoms in total. The third-order valence-electron chi connectivity index (χ3n) is 1.37. The van der Waals surface area contributed by atoms with Gasteiger partial charge in [0.25, 0.3) is 0 Å². The van der Waals surface area contributed by atoms with Crippen LogP contribution in [-0.2, 0) is 9.53 Å². The third kappa shape index (κ3) is 8.15. The number of hydrogen-bond acceptors (Lipinski definition) is 2. The standard InChI is InChI=1S/C8H14Cl2O2/c1-7(10)4-2-3-5-12-8(11)6-9/h7H,2-6H2,1H3. The van der Waals surface area contributed by atoms with Gasteiger partial charge in [0.2, 0.25) is 0 Å². The first kappa shape index (κ1) is 12.0. The van der Waals surface area contributed by atoms with Crippen LogP contribution in [0.4, 0.5) is 0 Å². The Bertz CT molecular complexity index is 126. The smallest absolute Gasteiger partial charge is 0.320 e. The van der Waals surface area contributed by atoms with Gasteiger partial charge in [-0.2, -0.15) is 0 Å². The number of hydrogen-bond donors (Lipinski definition) is 0. The van der Waals surface area contributed by atoms with Crippen molar-refractivity contribution in [3.63, 3.8) is 0 Å². The molecule has 0 radical (unpaired) electrons. The van der Waals surface area contributed by atoms with Crippen LogP contribution in [0, 0.1) is 0 Å². The van der Waals surface area contributed by atoms with Gasteiger partial charge in [0.15, 0.2) is 0 Å². The van der Waals surface area contributed by atoms with Crippen molar-refractivity contribution in [3.05, 3.63) is 0 Å². The zero-order valence-electron chi connectivity index (χ0n) is 7.19. The molecule has 12 heavy (non-hydrogen) atoms. The Morgan fingerprint density at radius 2 is 2.17 bits per heavy atom. The number of carbonyl (C=O) groups excluding carboxylic acids is 1. The van der Waals surface area contributed by atoms with Gasteiger partial charge in [-0.3, -0.25) is 4.79 Å². The van der Waals surface area contributed by atoms with E-state index >= 15 is 0 Å². The van der Waals surface area contributed by atoms with Crippen LogP contribution < -0.4 is 0 Å². The second-order valence-electron chi connectivity index (χ2n) is 2.63. The lowest BCUT2D eigenvalue weighted by Gasteiger charge is -2.03. The van der Waals surface area contributed by atoms with Gasteiger partial charge in [-0.05, 0) is 26.2 Å². The van der Waals surface area contributed by atoms with E-state index in [0.29, 0.717) is 6.61 Å². The Morgan fingerprint density at radius 3 is 2.67 bits per heavy atom. The summed E-state index contributed by atoms with van der Waals surface area (Å²) in [6.45, 7) is 2.40. The predicted octanol–water partition coefficient (Wildman–Crippen LogP) is 2.57. The predicted molar refractivity (Wildman–Crippen MR) is 50.8 cm³/mol. The van der Waals surface area contributed by atoms with Gasteiger partial charge >= 0.3 is 5.97 Å². The molecule has 0 aliphatic heterocycles. The van der Waals surface area contributed by atoms with Crippen LogP contribution in [0.25, 0.3) is 0 Å². The molecule has 1 unspecified atom stereocenters. The van der Waals surface area contributed by atoms with Crippen molar-refractivity contribution < 1.29 is 9.53 Å². The number of rotatable bonds is 6. The molecule has 0 aliphatic rings. The molecular formula is C8H14Cl2O2. The highest BCUT2D eigenvalue weighted by Gasteiger charge is 1.99. The van der Waals surface area contributed by atoms with E-state index in [9.17, 15) is 4.79 Å². The molecular weight excluding hydrogens is 199 g/mol. The van der Waals surface area contributed by atoms with E-state index < -0.39 is 0 Å². The molecule has 0 fully saturated rings. The molecule has 72 valence electrons. The van der Waals surface area contributed by atoms with Crippen molar-refractivity contribution >= 4 is 29.2 Å². The van der Waals surface area contributed by atoms with Gasteiger partial charge in [0, 0.05) is 5.38 Å². The fourth-order valence-electron chi connectivity index (χ4n) is 0.752. The number of unbranched alkanes of at least 4 members (excludes halogenated alkanes) is 1. The summed E-state index contributed by atoms with van der Waals surface area (Å²) in [7, 11) is 0. The molecule has 1 atom stereocenters. The van der Waals surface area contributed by atoms with Crippen molar-refractivity contribution in [2.45, 2.75) is 31.6 Å². The molecule has 0 N–H and O–H groups in total. The molecule has 0 aromatic carbocycles. The van der Waals surface area contributed by atoms with Crippen LogP contribution in [0.1, 0.15) is 26.2 Å². The normalized spacial score (nSPS) is 12.6. The first-order chi connectivity index (χ1) is 5.66. The fraction of sp³-hybridized carbons (Fsp3) is 0.875. The number of ether oxygens (including phenoxy) is 1. The molecule has 4 heteroatoms. The van der Waals surface area contributed by atoms with Crippen molar-refractivity contribution in [3.8, 4) is 0 Å². The van der Waals surface area contributed by atoms with Gasteiger partial charge in [0.1, 0.15) is 5.88 Å². The monoisotopic (exact) mass is 212 g/mol. The van der Waals surface area contributed by atoms with E-state index in [2.05, 4.69) is 0 Å². The molecule has 0 aromatic rings. The van der Waals surface area contributed by atoms with E-state index in [-0.39, 0.29) is 17.2 Å². The van der Waals surface area contributed by atoms with Crippen LogP contribution in [0.2, 0.25) is 0 Å². The molecule has 0 bridgehead atoms. The summed E-state index contributed by atoms with van der Waals surface area (Å²) in [4.78, 5) is 10.5. The second kappa shape index (κ2) is 7.69. The average molecular weight is 213 g/mol. The van der Waals surface area contributed by atoms with Crippen molar-refractivity contribution in [2.24, 2.45) is 0 Å². The van der Waals surface area contributed by atoms with Crippen molar-refractivity contribution in [2.75, 3.05) is 12.5 Å². The summed E-state index contributed by atoms with van der Waals surface area (Å²) in [6, 6.07) is 0. The minimum atomic E-state index is -0.351. The summed E-state index contributed by atoms with van der Waals surface area (Å²) in [5.74, 6) is -0.415. The zero-order valence-corrected chi connectivity index (χ0v) is 8.70. The SMILES string of the molecule is CC(Cl)CCCCOC(=O)CCl. The highest BCUT2D eigenvalue weighted by molar-refractivity contribution is 6.26. The molecule has 0 spiro atoms. The van der Waals surface area contributed by atoms with Crippen LogP contribution in [0.15, 0.2) is 0 Å². The first-order valence-electron chi connectivity index (χ1n) is 4.02. The lowest BCUT2D eigenvalue weighted by molar-refractivity contribution is -0.140. The van der Waals surface area contributed by atoms with Crippen molar-refractivity contribution in [1.29, 1.82) is 0 Å². The van der Waals surface area contributed by atoms with Crippen molar-refractivity contribution in [1.82, 2.24) is 0 Å². The minimum Gasteiger partial charge on any atom is -0.465 e. The third-order valence-corrected chi connectivity index (χ3v) is 1.80. The van der Waals surface area contributed by atoms with E-state index in [1.165, 1.54) is 0 Å². The molecule has 0 amide bonds. The van der Waals surface area contributed by atoms with Gasteiger partial charge in [0.05, 0.1) is 6.61 Å². The molecule has 0 saturated carbocycles. The van der Waals surface area contributed by atoms with E-state index in [1.54, 1.807) is 0 Å². The van der Waals surface area contributed by atoms with E-state index in [4.69, 9.17) is 27.9 Å². The number of halogens is 2. The van der Waals surface area contributed by atoms with Crippen LogP contribution in [0.5, 0.6) is 0 Å². The van der Waals surface area contributed by atoms with Gasteiger partial charge in [-0.15, -0.1) is 23.2 Å². The molecule has 0 aliphatic carbocycles. The molecule has 0 rings (SSSR count). The highest BCUT2D eigenvalue weighted by atomic mass is 35.5. The van der Waals surface area contributed by atoms with E-state index in [1.807, 2.05) is 6.92 Å². The maximum absolute atomic E-state index is 10.5. The molecule has 0 saturated heterocycles.